The molecule has 4 rings (SSSR count). The molecular weight excluding hydrogens is 370 g/mol. The van der Waals surface area contributed by atoms with Gasteiger partial charge in [-0.2, -0.15) is 0 Å². The molecule has 0 aromatic heterocycles. The summed E-state index contributed by atoms with van der Waals surface area (Å²) in [6.45, 7) is 2.32. The first-order valence-corrected chi connectivity index (χ1v) is 9.98. The van der Waals surface area contributed by atoms with Crippen LogP contribution in [-0.2, 0) is 21.2 Å². The molecule has 9 heteroatoms. The molecule has 2 aliphatic heterocycles. The van der Waals surface area contributed by atoms with Crippen LogP contribution in [-0.4, -0.2) is 33.7 Å². The van der Waals surface area contributed by atoms with Crippen molar-refractivity contribution in [1.29, 1.82) is 0 Å². The number of ether oxygens (including phenoxy) is 2. The van der Waals surface area contributed by atoms with Crippen LogP contribution in [0.15, 0.2) is 41.3 Å². The number of nitrogens with two attached hydrogens (primary N) is 1. The first-order valence-electron chi connectivity index (χ1n) is 8.43. The van der Waals surface area contributed by atoms with Gasteiger partial charge in [-0.05, 0) is 49.2 Å². The number of hydrogen-bond donors (Lipinski definition) is 2. The van der Waals surface area contributed by atoms with Gasteiger partial charge in [-0.15, -0.1) is 0 Å². The van der Waals surface area contributed by atoms with Gasteiger partial charge in [-0.25, -0.2) is 13.6 Å². The highest BCUT2D eigenvalue weighted by molar-refractivity contribution is 7.89. The molecule has 0 aliphatic carbocycles. The average molecular weight is 389 g/mol. The largest absolute Gasteiger partial charge is 0.454 e. The van der Waals surface area contributed by atoms with E-state index in [-0.39, 0.29) is 30.2 Å². The predicted octanol–water partition coefficient (Wildman–Crippen LogP) is 1.45. The smallest absolute Gasteiger partial charge is 0.243 e. The zero-order chi connectivity index (χ0) is 19.2. The van der Waals surface area contributed by atoms with Crippen molar-refractivity contribution in [3.63, 3.8) is 0 Å². The van der Waals surface area contributed by atoms with Gasteiger partial charge in [0.15, 0.2) is 11.5 Å². The summed E-state index contributed by atoms with van der Waals surface area (Å²) in [7, 11) is -3.75. The van der Waals surface area contributed by atoms with Crippen LogP contribution in [0.25, 0.3) is 0 Å². The summed E-state index contributed by atoms with van der Waals surface area (Å²) in [4.78, 5) is 14.5. The molecule has 1 amide bonds. The predicted molar refractivity (Wildman–Crippen MR) is 99.5 cm³/mol. The number of rotatable bonds is 4. The van der Waals surface area contributed by atoms with Crippen molar-refractivity contribution in [3.8, 4) is 11.5 Å². The Bertz CT molecular complexity index is 1020. The van der Waals surface area contributed by atoms with Crippen LogP contribution >= 0.6 is 0 Å². The minimum Gasteiger partial charge on any atom is -0.454 e. The van der Waals surface area contributed by atoms with Gasteiger partial charge in [-0.3, -0.25) is 4.79 Å². The van der Waals surface area contributed by atoms with Crippen molar-refractivity contribution in [3.05, 3.63) is 42.0 Å². The van der Waals surface area contributed by atoms with Crippen molar-refractivity contribution >= 4 is 27.3 Å². The fourth-order valence-corrected chi connectivity index (χ4v) is 3.98. The number of benzene rings is 2. The van der Waals surface area contributed by atoms with Crippen LogP contribution in [0.2, 0.25) is 0 Å². The minimum atomic E-state index is -3.75. The van der Waals surface area contributed by atoms with Crippen LogP contribution in [0.1, 0.15) is 12.5 Å². The van der Waals surface area contributed by atoms with Gasteiger partial charge in [0, 0.05) is 23.5 Å². The number of amides is 1. The zero-order valence-electron chi connectivity index (χ0n) is 14.6. The summed E-state index contributed by atoms with van der Waals surface area (Å²) in [5.41, 5.74) is 2.33. The number of carbonyl (C=O) groups excluding carboxylic acids is 1. The molecule has 2 aliphatic rings. The molecule has 8 nitrogen and oxygen atoms in total. The molecule has 2 aromatic carbocycles. The molecule has 142 valence electrons. The molecular formula is C18H19N3O5S. The molecule has 0 fully saturated rings. The lowest BCUT2D eigenvalue weighted by atomic mass is 10.1. The van der Waals surface area contributed by atoms with Gasteiger partial charge in [0.25, 0.3) is 0 Å². The number of primary sulfonamides is 1. The lowest BCUT2D eigenvalue weighted by Crippen LogP contribution is -2.37. The van der Waals surface area contributed by atoms with Gasteiger partial charge in [0.2, 0.25) is 22.7 Å². The normalized spacial score (nSPS) is 17.7. The van der Waals surface area contributed by atoms with Gasteiger partial charge in [0.1, 0.15) is 0 Å². The molecule has 0 saturated carbocycles. The number of hydrogen-bond acceptors (Lipinski definition) is 6. The SMILES string of the molecule is C[C@H]1Cc2cc(S(N)(=O)=O)ccc2N1CC(=O)Nc1ccc2c(c1)OCO2. The number of nitrogens with one attached hydrogen (secondary N) is 1. The second-order valence-corrected chi connectivity index (χ2v) is 8.19. The molecule has 0 unspecified atom stereocenters. The third-order valence-electron chi connectivity index (χ3n) is 4.71. The third kappa shape index (κ3) is 3.43. The van der Waals surface area contributed by atoms with E-state index in [9.17, 15) is 13.2 Å². The fraction of sp³-hybridized carbons (Fsp3) is 0.278. The van der Waals surface area contributed by atoms with E-state index in [1.165, 1.54) is 6.07 Å². The standard InChI is InChI=1S/C18H19N3O5S/c1-11-6-12-7-14(27(19,23)24)3-4-15(12)21(11)9-18(22)20-13-2-5-16-17(8-13)26-10-25-16/h2-5,7-8,11H,6,9-10H2,1H3,(H,20,22)(H2,19,23,24)/t11-/m0/s1. The Balaban J connectivity index is 1.49. The minimum absolute atomic E-state index is 0.0678. The van der Waals surface area contributed by atoms with Crippen LogP contribution in [0, 0.1) is 0 Å². The van der Waals surface area contributed by atoms with E-state index in [1.54, 1.807) is 30.3 Å². The maximum Gasteiger partial charge on any atom is 0.243 e. The first kappa shape index (κ1) is 17.6. The van der Waals surface area contributed by atoms with Crippen LogP contribution in [0.4, 0.5) is 11.4 Å². The molecule has 1 atom stereocenters. The maximum atomic E-state index is 12.5. The molecule has 0 bridgehead atoms. The summed E-state index contributed by atoms with van der Waals surface area (Å²) >= 11 is 0. The van der Waals surface area contributed by atoms with E-state index < -0.39 is 10.0 Å². The van der Waals surface area contributed by atoms with Crippen molar-refractivity contribution in [2.45, 2.75) is 24.3 Å². The van der Waals surface area contributed by atoms with Crippen LogP contribution < -0.4 is 24.8 Å². The maximum absolute atomic E-state index is 12.5. The Morgan fingerprint density at radius 2 is 2.00 bits per heavy atom. The number of carbonyl (C=O) groups is 1. The molecule has 0 saturated heterocycles. The summed E-state index contributed by atoms with van der Waals surface area (Å²) in [5.74, 6) is 1.08. The Morgan fingerprint density at radius 1 is 1.22 bits per heavy atom. The van der Waals surface area contributed by atoms with E-state index >= 15 is 0 Å². The molecule has 2 heterocycles. The van der Waals surface area contributed by atoms with Gasteiger partial charge in [0.05, 0.1) is 11.4 Å². The van der Waals surface area contributed by atoms with E-state index in [0.717, 1.165) is 11.3 Å². The summed E-state index contributed by atoms with van der Waals surface area (Å²) < 4.78 is 33.6. The van der Waals surface area contributed by atoms with Gasteiger partial charge in [-0.1, -0.05) is 0 Å². The highest BCUT2D eigenvalue weighted by Crippen LogP contribution is 2.35. The molecule has 0 radical (unpaired) electrons. The topological polar surface area (TPSA) is 111 Å². The van der Waals surface area contributed by atoms with Crippen molar-refractivity contribution < 1.29 is 22.7 Å². The average Bonchev–Trinajstić information content (AvgIpc) is 3.18. The lowest BCUT2D eigenvalue weighted by Gasteiger charge is -2.24. The van der Waals surface area contributed by atoms with Crippen molar-refractivity contribution in [2.24, 2.45) is 5.14 Å². The Hall–Kier alpha value is -2.78. The number of fused-ring (bicyclic) bond motifs is 2. The molecule has 27 heavy (non-hydrogen) atoms. The quantitative estimate of drug-likeness (QED) is 0.819. The monoisotopic (exact) mass is 389 g/mol. The second kappa shape index (κ2) is 6.43. The number of anilines is 2. The molecule has 0 spiro atoms. The van der Waals surface area contributed by atoms with Gasteiger partial charge >= 0.3 is 0 Å². The summed E-state index contributed by atoms with van der Waals surface area (Å²) in [6.07, 6.45) is 0.649. The molecule has 3 N–H and O–H groups in total. The summed E-state index contributed by atoms with van der Waals surface area (Å²) in [5, 5.41) is 8.05. The Labute approximate surface area is 156 Å². The third-order valence-corrected chi connectivity index (χ3v) is 5.62. The van der Waals surface area contributed by atoms with E-state index in [0.29, 0.717) is 23.6 Å². The molecule has 2 aromatic rings. The van der Waals surface area contributed by atoms with E-state index in [1.807, 2.05) is 11.8 Å². The zero-order valence-corrected chi connectivity index (χ0v) is 15.5. The van der Waals surface area contributed by atoms with Gasteiger partial charge < -0.3 is 19.7 Å². The first-order chi connectivity index (χ1) is 12.8. The Kier molecular flexibility index (Phi) is 4.20. The lowest BCUT2D eigenvalue weighted by molar-refractivity contribution is -0.115. The van der Waals surface area contributed by atoms with E-state index in [4.69, 9.17) is 14.6 Å². The fourth-order valence-electron chi connectivity index (χ4n) is 3.42. The second-order valence-electron chi connectivity index (χ2n) is 6.63. The number of nitrogens with zero attached hydrogens (tertiary/aromatic N) is 1. The van der Waals surface area contributed by atoms with E-state index in [2.05, 4.69) is 5.32 Å². The Morgan fingerprint density at radius 3 is 2.78 bits per heavy atom. The number of sulfonamides is 1. The van der Waals surface area contributed by atoms with Crippen molar-refractivity contribution in [1.82, 2.24) is 0 Å². The van der Waals surface area contributed by atoms with Crippen LogP contribution in [0.3, 0.4) is 0 Å². The highest BCUT2D eigenvalue weighted by atomic mass is 32.2. The van der Waals surface area contributed by atoms with Crippen LogP contribution in [0.5, 0.6) is 11.5 Å². The van der Waals surface area contributed by atoms with Crippen molar-refractivity contribution in [2.75, 3.05) is 23.6 Å². The highest BCUT2D eigenvalue weighted by Gasteiger charge is 2.28. The summed E-state index contributed by atoms with van der Waals surface area (Å²) in [6, 6.07) is 10.0.